The normalized spacial score (nSPS) is 17.4. The van der Waals surface area contributed by atoms with E-state index in [0.29, 0.717) is 6.54 Å². The second-order valence-electron chi connectivity index (χ2n) is 7.61. The molecule has 4 heterocycles. The minimum atomic E-state index is -0.251. The van der Waals surface area contributed by atoms with Crippen LogP contribution in [0, 0.1) is 6.92 Å². The molecule has 1 aliphatic rings. The van der Waals surface area contributed by atoms with Crippen LogP contribution < -0.4 is 5.32 Å². The van der Waals surface area contributed by atoms with E-state index in [9.17, 15) is 4.79 Å². The highest BCUT2D eigenvalue weighted by Crippen LogP contribution is 2.28. The number of pyridine rings is 1. The molecule has 1 aliphatic heterocycles. The number of hydrogen-bond donors (Lipinski definition) is 1. The van der Waals surface area contributed by atoms with Gasteiger partial charge in [0.15, 0.2) is 0 Å². The highest BCUT2D eigenvalue weighted by atomic mass is 16.5. The monoisotopic (exact) mass is 394 g/mol. The number of aryl methyl sites for hydroxylation is 1. The van der Waals surface area contributed by atoms with Crippen molar-refractivity contribution in [1.82, 2.24) is 30.1 Å². The number of rotatable bonds is 6. The Morgan fingerprint density at radius 1 is 1.34 bits per heavy atom. The summed E-state index contributed by atoms with van der Waals surface area (Å²) in [6.45, 7) is 5.37. The van der Waals surface area contributed by atoms with Crippen LogP contribution in [0.3, 0.4) is 0 Å². The summed E-state index contributed by atoms with van der Waals surface area (Å²) in [5.41, 5.74) is 4.29. The lowest BCUT2D eigenvalue weighted by molar-refractivity contribution is 0.0913. The van der Waals surface area contributed by atoms with Gasteiger partial charge in [0.1, 0.15) is 0 Å². The fourth-order valence-corrected chi connectivity index (χ4v) is 3.74. The van der Waals surface area contributed by atoms with Crippen LogP contribution in [-0.2, 0) is 20.1 Å². The maximum Gasteiger partial charge on any atom is 0.290 e. The third kappa shape index (κ3) is 4.54. The zero-order chi connectivity index (χ0) is 20.2. The van der Waals surface area contributed by atoms with Crippen molar-refractivity contribution in [3.8, 4) is 0 Å². The Balaban J connectivity index is 1.35. The van der Waals surface area contributed by atoms with Crippen molar-refractivity contribution < 1.29 is 9.32 Å². The quantitative estimate of drug-likeness (QED) is 0.691. The number of nitrogens with zero attached hydrogens (tertiary/aromatic N) is 5. The molecule has 1 amide bonds. The zero-order valence-electron chi connectivity index (χ0n) is 16.8. The van der Waals surface area contributed by atoms with Crippen molar-refractivity contribution >= 4 is 5.91 Å². The van der Waals surface area contributed by atoms with E-state index in [4.69, 9.17) is 4.52 Å². The molecule has 0 spiro atoms. The molecule has 0 bridgehead atoms. The minimum Gasteiger partial charge on any atom is -0.351 e. The lowest BCUT2D eigenvalue weighted by Crippen LogP contribution is -2.34. The van der Waals surface area contributed by atoms with Crippen molar-refractivity contribution in [2.45, 2.75) is 38.8 Å². The summed E-state index contributed by atoms with van der Waals surface area (Å²) in [5.74, 6) is 0.278. The van der Waals surface area contributed by atoms with E-state index in [1.807, 2.05) is 30.1 Å². The zero-order valence-corrected chi connectivity index (χ0v) is 16.8. The molecule has 8 heteroatoms. The molecular weight excluding hydrogens is 368 g/mol. The second kappa shape index (κ2) is 8.57. The first kappa shape index (κ1) is 19.3. The molecule has 3 aromatic rings. The van der Waals surface area contributed by atoms with Gasteiger partial charge in [-0.05, 0) is 44.0 Å². The van der Waals surface area contributed by atoms with E-state index in [1.165, 1.54) is 11.3 Å². The lowest BCUT2D eigenvalue weighted by Gasteiger charge is -2.31. The number of carbonyl (C=O) groups is 1. The predicted molar refractivity (Wildman–Crippen MR) is 107 cm³/mol. The molecule has 1 N–H and O–H groups in total. The fraction of sp³-hybridized carbons (Fsp3) is 0.429. The molecule has 0 aromatic carbocycles. The van der Waals surface area contributed by atoms with Gasteiger partial charge in [-0.15, -0.1) is 0 Å². The average Bonchev–Trinajstić information content (AvgIpc) is 3.36. The summed E-state index contributed by atoms with van der Waals surface area (Å²) < 4.78 is 7.25. The summed E-state index contributed by atoms with van der Waals surface area (Å²) in [7, 11) is 1.97. The van der Waals surface area contributed by atoms with E-state index >= 15 is 0 Å². The molecule has 3 aromatic heterocycles. The molecular formula is C21H26N6O2. The van der Waals surface area contributed by atoms with Gasteiger partial charge in [-0.1, -0.05) is 5.16 Å². The first-order valence-electron chi connectivity index (χ1n) is 9.93. The molecule has 1 unspecified atom stereocenters. The van der Waals surface area contributed by atoms with Crippen molar-refractivity contribution in [3.63, 3.8) is 0 Å². The fourth-order valence-electron chi connectivity index (χ4n) is 3.74. The Kier molecular flexibility index (Phi) is 5.71. The van der Waals surface area contributed by atoms with Crippen molar-refractivity contribution in [2.75, 3.05) is 13.1 Å². The third-order valence-corrected chi connectivity index (χ3v) is 5.61. The maximum atomic E-state index is 12.4. The van der Waals surface area contributed by atoms with Gasteiger partial charge in [0.25, 0.3) is 5.91 Å². The standard InChI is InChI=1S/C21H26N6O2/c1-15-18(12-24-26(15)2)14-27-9-3-4-17(13-27)19-10-20(29-25-19)21(28)23-11-16-5-7-22-8-6-16/h5-8,10,12,17H,3-4,9,11,13-14H2,1-2H3,(H,23,28). The van der Waals surface area contributed by atoms with Crippen LogP contribution in [0.4, 0.5) is 0 Å². The number of hydrogen-bond acceptors (Lipinski definition) is 6. The Labute approximate surface area is 169 Å². The van der Waals surface area contributed by atoms with E-state index in [1.54, 1.807) is 18.5 Å². The largest absolute Gasteiger partial charge is 0.351 e. The Hall–Kier alpha value is -3.00. The van der Waals surface area contributed by atoms with Crippen molar-refractivity contribution in [3.05, 3.63) is 65.1 Å². The van der Waals surface area contributed by atoms with Gasteiger partial charge in [-0.2, -0.15) is 5.10 Å². The lowest BCUT2D eigenvalue weighted by atomic mass is 9.94. The van der Waals surface area contributed by atoms with Crippen LogP contribution in [0.1, 0.15) is 51.8 Å². The molecule has 152 valence electrons. The van der Waals surface area contributed by atoms with E-state index < -0.39 is 0 Å². The number of carbonyl (C=O) groups excluding carboxylic acids is 1. The first-order valence-corrected chi connectivity index (χ1v) is 9.93. The van der Waals surface area contributed by atoms with Gasteiger partial charge in [0, 0.05) is 62.3 Å². The first-order chi connectivity index (χ1) is 14.1. The van der Waals surface area contributed by atoms with Crippen LogP contribution in [0.2, 0.25) is 0 Å². The molecule has 0 radical (unpaired) electrons. The van der Waals surface area contributed by atoms with Crippen molar-refractivity contribution in [1.29, 1.82) is 0 Å². The van der Waals surface area contributed by atoms with Crippen LogP contribution in [0.25, 0.3) is 0 Å². The molecule has 0 saturated carbocycles. The van der Waals surface area contributed by atoms with Gasteiger partial charge < -0.3 is 9.84 Å². The smallest absolute Gasteiger partial charge is 0.290 e. The third-order valence-electron chi connectivity index (χ3n) is 5.61. The Morgan fingerprint density at radius 2 is 2.17 bits per heavy atom. The number of piperidine rings is 1. The van der Waals surface area contributed by atoms with Crippen LogP contribution in [-0.4, -0.2) is 43.8 Å². The van der Waals surface area contributed by atoms with Gasteiger partial charge in [0.2, 0.25) is 5.76 Å². The topological polar surface area (TPSA) is 89.1 Å². The van der Waals surface area contributed by atoms with Gasteiger partial charge in [-0.3, -0.25) is 19.4 Å². The van der Waals surface area contributed by atoms with Gasteiger partial charge >= 0.3 is 0 Å². The molecule has 1 atom stereocenters. The van der Waals surface area contributed by atoms with Crippen LogP contribution in [0.5, 0.6) is 0 Å². The number of aromatic nitrogens is 4. The van der Waals surface area contributed by atoms with Gasteiger partial charge in [0.05, 0.1) is 11.9 Å². The molecule has 1 fully saturated rings. The average molecular weight is 394 g/mol. The SMILES string of the molecule is Cc1c(CN2CCCC(c3cc(C(=O)NCc4ccncc4)on3)C2)cnn1C. The molecule has 1 saturated heterocycles. The highest BCUT2D eigenvalue weighted by Gasteiger charge is 2.26. The Morgan fingerprint density at radius 3 is 2.93 bits per heavy atom. The number of likely N-dealkylation sites (tertiary alicyclic amines) is 1. The number of nitrogens with one attached hydrogen (secondary N) is 1. The summed E-state index contributed by atoms with van der Waals surface area (Å²) in [6, 6.07) is 5.52. The molecule has 0 aliphatic carbocycles. The number of amides is 1. The second-order valence-corrected chi connectivity index (χ2v) is 7.61. The summed E-state index contributed by atoms with van der Waals surface area (Å²) >= 11 is 0. The maximum absolute atomic E-state index is 12.4. The molecule has 8 nitrogen and oxygen atoms in total. The van der Waals surface area contributed by atoms with Crippen LogP contribution in [0.15, 0.2) is 41.3 Å². The van der Waals surface area contributed by atoms with Gasteiger partial charge in [-0.25, -0.2) is 0 Å². The summed E-state index contributed by atoms with van der Waals surface area (Å²) in [4.78, 5) is 18.8. The molecule has 4 rings (SSSR count). The highest BCUT2D eigenvalue weighted by molar-refractivity contribution is 5.91. The molecule has 29 heavy (non-hydrogen) atoms. The predicted octanol–water partition coefficient (Wildman–Crippen LogP) is 2.42. The minimum absolute atomic E-state index is 0.251. The van der Waals surface area contributed by atoms with E-state index in [2.05, 4.69) is 32.4 Å². The van der Waals surface area contributed by atoms with E-state index in [0.717, 1.165) is 43.7 Å². The van der Waals surface area contributed by atoms with E-state index in [-0.39, 0.29) is 17.6 Å². The van der Waals surface area contributed by atoms with Crippen LogP contribution >= 0.6 is 0 Å². The summed E-state index contributed by atoms with van der Waals surface area (Å²) in [5, 5.41) is 11.4. The van der Waals surface area contributed by atoms with Crippen molar-refractivity contribution in [2.24, 2.45) is 7.05 Å². The summed E-state index contributed by atoms with van der Waals surface area (Å²) in [6.07, 6.45) is 7.50. The Bertz CT molecular complexity index is 965.